The molecule has 0 spiro atoms. The number of nitro groups is 1. The zero-order valence-corrected chi connectivity index (χ0v) is 16.2. The van der Waals surface area contributed by atoms with Gasteiger partial charge in [0.2, 0.25) is 0 Å². The van der Waals surface area contributed by atoms with Gasteiger partial charge in [0.15, 0.2) is 0 Å². The van der Waals surface area contributed by atoms with E-state index in [0.29, 0.717) is 5.56 Å². The molecule has 0 saturated heterocycles. The number of esters is 1. The van der Waals surface area contributed by atoms with E-state index in [1.54, 1.807) is 24.3 Å². The predicted molar refractivity (Wildman–Crippen MR) is 103 cm³/mol. The molecular formula is C20H29NO4. The Morgan fingerprint density at radius 2 is 1.20 bits per heavy atom. The number of ether oxygens (including phenoxy) is 1. The summed E-state index contributed by atoms with van der Waals surface area (Å²) in [5, 5.41) is 10.1. The van der Waals surface area contributed by atoms with Crippen molar-refractivity contribution in [1.82, 2.24) is 0 Å². The quantitative estimate of drug-likeness (QED) is 0.395. The van der Waals surface area contributed by atoms with Crippen molar-refractivity contribution in [2.75, 3.05) is 7.11 Å². The number of non-ortho nitro benzene ring substituents is 1. The molecule has 5 heteroatoms. The first-order valence-corrected chi connectivity index (χ1v) is 8.30. The average Bonchev–Trinajstić information content (AvgIpc) is 2.66. The highest BCUT2D eigenvalue weighted by molar-refractivity contribution is 5.89. The maximum atomic E-state index is 10.9. The van der Waals surface area contributed by atoms with Crippen molar-refractivity contribution in [3.05, 3.63) is 75.3 Å². The second kappa shape index (κ2) is 14.9. The second-order valence-corrected chi connectivity index (χ2v) is 4.45. The third-order valence-electron chi connectivity index (χ3n) is 2.72. The van der Waals surface area contributed by atoms with E-state index in [1.165, 1.54) is 19.2 Å². The molecule has 0 atom stereocenters. The topological polar surface area (TPSA) is 69.4 Å². The number of nitrogens with zero attached hydrogens (tertiary/aromatic N) is 1. The summed E-state index contributed by atoms with van der Waals surface area (Å²) >= 11 is 0. The third-order valence-corrected chi connectivity index (χ3v) is 2.72. The van der Waals surface area contributed by atoms with Crippen molar-refractivity contribution in [3.63, 3.8) is 0 Å². The van der Waals surface area contributed by atoms with Crippen LogP contribution in [0.4, 0.5) is 5.69 Å². The smallest absolute Gasteiger partial charge is 0.337 e. The number of aryl methyl sites for hydroxylation is 2. The lowest BCUT2D eigenvalue weighted by Crippen LogP contribution is -2.00. The fourth-order valence-corrected chi connectivity index (χ4v) is 1.47. The van der Waals surface area contributed by atoms with Crippen LogP contribution in [0.5, 0.6) is 0 Å². The number of hydrogen-bond donors (Lipinski definition) is 0. The molecule has 0 aromatic heterocycles. The molecule has 5 nitrogen and oxygen atoms in total. The Hall–Kier alpha value is -2.69. The molecule has 0 aliphatic carbocycles. The minimum Gasteiger partial charge on any atom is -0.465 e. The van der Waals surface area contributed by atoms with Crippen molar-refractivity contribution >= 4 is 11.7 Å². The zero-order valence-electron chi connectivity index (χ0n) is 16.2. The van der Waals surface area contributed by atoms with Gasteiger partial charge in [-0.1, -0.05) is 63.1 Å². The number of methoxy groups -OCH3 is 1. The lowest BCUT2D eigenvalue weighted by Gasteiger charge is -1.97. The van der Waals surface area contributed by atoms with E-state index in [0.717, 1.165) is 11.1 Å². The minimum absolute atomic E-state index is 0.144. The second-order valence-electron chi connectivity index (χ2n) is 4.45. The van der Waals surface area contributed by atoms with Crippen LogP contribution < -0.4 is 0 Å². The Morgan fingerprint density at radius 3 is 1.52 bits per heavy atom. The molecule has 2 rings (SSSR count). The van der Waals surface area contributed by atoms with Gasteiger partial charge in [-0.3, -0.25) is 10.1 Å². The zero-order chi connectivity index (χ0) is 19.8. The number of carbonyl (C=O) groups excluding carboxylic acids is 1. The fourth-order valence-electron chi connectivity index (χ4n) is 1.47. The largest absolute Gasteiger partial charge is 0.465 e. The van der Waals surface area contributed by atoms with Crippen LogP contribution in [0.2, 0.25) is 0 Å². The molecule has 0 heterocycles. The highest BCUT2D eigenvalue weighted by atomic mass is 16.6. The summed E-state index contributed by atoms with van der Waals surface area (Å²) in [7, 11) is 1.38. The van der Waals surface area contributed by atoms with Crippen LogP contribution in [0.1, 0.15) is 49.2 Å². The van der Waals surface area contributed by atoms with Crippen LogP contribution in [0.3, 0.4) is 0 Å². The summed E-state index contributed by atoms with van der Waals surface area (Å²) in [4.78, 5) is 20.6. The van der Waals surface area contributed by atoms with Crippen LogP contribution >= 0.6 is 0 Å². The summed E-state index contributed by atoms with van der Waals surface area (Å²) < 4.78 is 4.54. The molecule has 0 aliphatic rings. The standard InChI is InChI=1S/C9H10O2.C7H7NO2.2C2H6/c1-7-3-5-8(6-4-7)9(10)11-2;1-6-2-4-7(5-3-6)8(9)10;2*1-2/h3-6H,1-2H3;2-5H,1H3;2*1-2H3. The molecule has 0 saturated carbocycles. The average molecular weight is 347 g/mol. The molecular weight excluding hydrogens is 318 g/mol. The van der Waals surface area contributed by atoms with Crippen molar-refractivity contribution in [1.29, 1.82) is 0 Å². The van der Waals surface area contributed by atoms with Crippen molar-refractivity contribution in [3.8, 4) is 0 Å². The fraction of sp³-hybridized carbons (Fsp3) is 0.350. The highest BCUT2D eigenvalue weighted by Gasteiger charge is 2.02. The number of rotatable bonds is 2. The highest BCUT2D eigenvalue weighted by Crippen LogP contribution is 2.10. The summed E-state index contributed by atoms with van der Waals surface area (Å²) in [6.45, 7) is 11.9. The van der Waals surface area contributed by atoms with Gasteiger partial charge in [-0.05, 0) is 26.0 Å². The summed E-state index contributed by atoms with van der Waals surface area (Å²) in [5.74, 6) is -0.287. The molecule has 0 aliphatic heterocycles. The molecule has 2 aromatic rings. The Bertz CT molecular complexity index is 605. The van der Waals surface area contributed by atoms with Crippen LogP contribution in [0.25, 0.3) is 0 Å². The van der Waals surface area contributed by atoms with Crippen LogP contribution in [-0.4, -0.2) is 18.0 Å². The molecule has 25 heavy (non-hydrogen) atoms. The van der Waals surface area contributed by atoms with Gasteiger partial charge in [0, 0.05) is 12.1 Å². The van der Waals surface area contributed by atoms with Crippen LogP contribution in [-0.2, 0) is 4.74 Å². The van der Waals surface area contributed by atoms with E-state index in [9.17, 15) is 14.9 Å². The third kappa shape index (κ3) is 10.7. The SMILES string of the molecule is CC.CC.COC(=O)c1ccc(C)cc1.Cc1ccc([N+](=O)[O-])cc1. The van der Waals surface area contributed by atoms with Gasteiger partial charge in [0.1, 0.15) is 0 Å². The van der Waals surface area contributed by atoms with Crippen LogP contribution in [0, 0.1) is 24.0 Å². The molecule has 0 N–H and O–H groups in total. The van der Waals surface area contributed by atoms with E-state index < -0.39 is 4.92 Å². The Balaban J connectivity index is 0. The monoisotopic (exact) mass is 347 g/mol. The molecule has 0 bridgehead atoms. The molecule has 0 radical (unpaired) electrons. The predicted octanol–water partition coefficient (Wildman–Crippen LogP) is 5.74. The number of hydrogen-bond acceptors (Lipinski definition) is 4. The van der Waals surface area contributed by atoms with Gasteiger partial charge in [0.25, 0.3) is 5.69 Å². The van der Waals surface area contributed by atoms with E-state index >= 15 is 0 Å². The molecule has 0 fully saturated rings. The van der Waals surface area contributed by atoms with Gasteiger partial charge in [-0.15, -0.1) is 0 Å². The van der Waals surface area contributed by atoms with Gasteiger partial charge in [-0.25, -0.2) is 4.79 Å². The van der Waals surface area contributed by atoms with Crippen molar-refractivity contribution in [2.24, 2.45) is 0 Å². The lowest BCUT2D eigenvalue weighted by atomic mass is 10.2. The Labute approximate surface area is 150 Å². The van der Waals surface area contributed by atoms with Crippen molar-refractivity contribution in [2.45, 2.75) is 41.5 Å². The Kier molecular flexibility index (Phi) is 14.6. The first-order chi connectivity index (χ1) is 11.9. The van der Waals surface area contributed by atoms with Crippen LogP contribution in [0.15, 0.2) is 48.5 Å². The number of nitro benzene ring substituents is 1. The lowest BCUT2D eigenvalue weighted by molar-refractivity contribution is -0.384. The number of benzene rings is 2. The maximum Gasteiger partial charge on any atom is 0.337 e. The first-order valence-electron chi connectivity index (χ1n) is 8.30. The van der Waals surface area contributed by atoms with E-state index in [1.807, 2.05) is 53.7 Å². The van der Waals surface area contributed by atoms with E-state index in [2.05, 4.69) is 4.74 Å². The minimum atomic E-state index is -0.403. The number of carbonyl (C=O) groups is 1. The van der Waals surface area contributed by atoms with E-state index in [-0.39, 0.29) is 11.7 Å². The van der Waals surface area contributed by atoms with Gasteiger partial charge >= 0.3 is 5.97 Å². The summed E-state index contributed by atoms with van der Waals surface area (Å²) in [6, 6.07) is 13.7. The van der Waals surface area contributed by atoms with Gasteiger partial charge in [-0.2, -0.15) is 0 Å². The summed E-state index contributed by atoms with van der Waals surface area (Å²) in [6.07, 6.45) is 0. The van der Waals surface area contributed by atoms with Gasteiger partial charge in [0.05, 0.1) is 17.6 Å². The normalized spacial score (nSPS) is 8.28. The van der Waals surface area contributed by atoms with E-state index in [4.69, 9.17) is 0 Å². The first kappa shape index (κ1) is 24.6. The van der Waals surface area contributed by atoms with Gasteiger partial charge < -0.3 is 4.74 Å². The summed E-state index contributed by atoms with van der Waals surface area (Å²) in [5.41, 5.74) is 2.91. The molecule has 2 aromatic carbocycles. The maximum absolute atomic E-state index is 10.9. The van der Waals surface area contributed by atoms with Crippen molar-refractivity contribution < 1.29 is 14.5 Å². The molecule has 0 unspecified atom stereocenters. The Morgan fingerprint density at radius 1 is 0.840 bits per heavy atom. The molecule has 0 amide bonds. The molecule has 138 valence electrons.